The van der Waals surface area contributed by atoms with Crippen molar-refractivity contribution >= 4 is 29.1 Å². The van der Waals surface area contributed by atoms with E-state index in [0.29, 0.717) is 0 Å². The second kappa shape index (κ2) is 5.22. The van der Waals surface area contributed by atoms with E-state index in [1.807, 2.05) is 20.0 Å². The van der Waals surface area contributed by atoms with Gasteiger partial charge in [-0.3, -0.25) is 0 Å². The molecule has 0 aliphatic heterocycles. The normalized spacial score (nSPS) is 10.4. The number of hydrogen-bond acceptors (Lipinski definition) is 7. The van der Waals surface area contributed by atoms with Gasteiger partial charge in [-0.25, -0.2) is 15.0 Å². The Morgan fingerprint density at radius 3 is 2.94 bits per heavy atom. The van der Waals surface area contributed by atoms with E-state index in [0.717, 1.165) is 27.4 Å². The molecule has 0 aliphatic rings. The van der Waals surface area contributed by atoms with Crippen LogP contribution < -0.4 is 5.32 Å². The molecule has 0 radical (unpaired) electrons. The van der Waals surface area contributed by atoms with Crippen LogP contribution in [0, 0.1) is 0 Å². The molecule has 0 saturated carbocycles. The minimum Gasteiger partial charge on any atom is -0.373 e. The summed E-state index contributed by atoms with van der Waals surface area (Å²) < 4.78 is 4.85. The van der Waals surface area contributed by atoms with Gasteiger partial charge in [-0.05, 0) is 23.3 Å². The van der Waals surface area contributed by atoms with Crippen LogP contribution in [0.3, 0.4) is 0 Å². The van der Waals surface area contributed by atoms with Gasteiger partial charge < -0.3 is 5.32 Å². The molecule has 7 heteroatoms. The van der Waals surface area contributed by atoms with Gasteiger partial charge >= 0.3 is 0 Å². The molecule has 0 aliphatic carbocycles. The SMILES string of the molecule is CCc1nc(NC)cc(Sc2ncns2)n1. The Balaban J connectivity index is 2.26. The Hall–Kier alpha value is -1.21. The lowest BCUT2D eigenvalue weighted by molar-refractivity contribution is 0.891. The maximum Gasteiger partial charge on any atom is 0.175 e. The standard InChI is InChI=1S/C9H11N5S2/c1-3-6-13-7(10-2)4-8(14-6)15-9-11-5-12-16-9/h4-5H,3H2,1-2H3,(H,10,13,14). The van der Waals surface area contributed by atoms with Gasteiger partial charge in [-0.15, -0.1) is 0 Å². The van der Waals surface area contributed by atoms with Gasteiger partial charge in [0.15, 0.2) is 4.34 Å². The van der Waals surface area contributed by atoms with Crippen molar-refractivity contribution in [3.05, 3.63) is 18.2 Å². The van der Waals surface area contributed by atoms with Crippen LogP contribution in [-0.4, -0.2) is 26.4 Å². The molecule has 5 nitrogen and oxygen atoms in total. The Labute approximate surface area is 102 Å². The fraction of sp³-hybridized carbons (Fsp3) is 0.333. The second-order valence-corrected chi connectivity index (χ2v) is 4.97. The number of nitrogens with one attached hydrogen (secondary N) is 1. The molecule has 0 amide bonds. The highest BCUT2D eigenvalue weighted by Gasteiger charge is 2.06. The summed E-state index contributed by atoms with van der Waals surface area (Å²) in [6.45, 7) is 2.04. The molecule has 2 rings (SSSR count). The predicted octanol–water partition coefficient (Wildman–Crippen LogP) is 2.08. The van der Waals surface area contributed by atoms with Crippen LogP contribution in [0.2, 0.25) is 0 Å². The fourth-order valence-corrected chi connectivity index (χ4v) is 2.52. The molecule has 2 aromatic heterocycles. The van der Waals surface area contributed by atoms with Crippen LogP contribution in [0.1, 0.15) is 12.7 Å². The number of aryl methyl sites for hydroxylation is 1. The van der Waals surface area contributed by atoms with Crippen molar-refractivity contribution in [2.45, 2.75) is 22.7 Å². The van der Waals surface area contributed by atoms with Crippen LogP contribution >= 0.6 is 23.3 Å². The van der Waals surface area contributed by atoms with Crippen molar-refractivity contribution in [3.63, 3.8) is 0 Å². The highest BCUT2D eigenvalue weighted by molar-refractivity contribution is 8.00. The number of anilines is 1. The third kappa shape index (κ3) is 2.67. The van der Waals surface area contributed by atoms with Crippen molar-refractivity contribution < 1.29 is 0 Å². The zero-order valence-electron chi connectivity index (χ0n) is 8.97. The van der Waals surface area contributed by atoms with Crippen molar-refractivity contribution in [3.8, 4) is 0 Å². The summed E-state index contributed by atoms with van der Waals surface area (Å²) in [5.41, 5.74) is 0. The third-order valence-corrected chi connectivity index (χ3v) is 3.49. The van der Waals surface area contributed by atoms with Gasteiger partial charge in [0.25, 0.3) is 0 Å². The van der Waals surface area contributed by atoms with Gasteiger partial charge in [-0.1, -0.05) is 6.92 Å². The van der Waals surface area contributed by atoms with E-state index in [2.05, 4.69) is 24.6 Å². The minimum absolute atomic E-state index is 0.819. The lowest BCUT2D eigenvalue weighted by Crippen LogP contribution is -1.99. The van der Waals surface area contributed by atoms with Gasteiger partial charge in [-0.2, -0.15) is 4.37 Å². The molecule has 1 N–H and O–H groups in total. The van der Waals surface area contributed by atoms with E-state index >= 15 is 0 Å². The first-order valence-corrected chi connectivity index (χ1v) is 6.41. The highest BCUT2D eigenvalue weighted by atomic mass is 32.2. The van der Waals surface area contributed by atoms with Crippen molar-refractivity contribution in [1.82, 2.24) is 19.3 Å². The molecule has 0 spiro atoms. The van der Waals surface area contributed by atoms with Gasteiger partial charge in [0, 0.05) is 19.5 Å². The quantitative estimate of drug-likeness (QED) is 0.842. The first kappa shape index (κ1) is 11.3. The largest absolute Gasteiger partial charge is 0.373 e. The first-order chi connectivity index (χ1) is 7.81. The smallest absolute Gasteiger partial charge is 0.175 e. The predicted molar refractivity (Wildman–Crippen MR) is 65.0 cm³/mol. The molecule has 0 atom stereocenters. The zero-order valence-corrected chi connectivity index (χ0v) is 10.6. The molecule has 2 heterocycles. The van der Waals surface area contributed by atoms with Crippen molar-refractivity contribution in [1.29, 1.82) is 0 Å². The molecule has 0 unspecified atom stereocenters. The molecule has 0 saturated heterocycles. The summed E-state index contributed by atoms with van der Waals surface area (Å²) in [5.74, 6) is 1.66. The molecule has 16 heavy (non-hydrogen) atoms. The molecule has 2 aromatic rings. The van der Waals surface area contributed by atoms with E-state index in [4.69, 9.17) is 0 Å². The van der Waals surface area contributed by atoms with E-state index < -0.39 is 0 Å². The Morgan fingerprint density at radius 1 is 1.44 bits per heavy atom. The molecular formula is C9H11N5S2. The van der Waals surface area contributed by atoms with Crippen LogP contribution in [0.25, 0.3) is 0 Å². The number of rotatable bonds is 4. The van der Waals surface area contributed by atoms with Crippen LogP contribution in [-0.2, 0) is 6.42 Å². The molecule has 84 valence electrons. The van der Waals surface area contributed by atoms with Crippen LogP contribution in [0.5, 0.6) is 0 Å². The fourth-order valence-electron chi connectivity index (χ4n) is 1.11. The summed E-state index contributed by atoms with van der Waals surface area (Å²) >= 11 is 2.87. The Bertz CT molecular complexity index is 435. The summed E-state index contributed by atoms with van der Waals surface area (Å²) in [6, 6.07) is 1.91. The van der Waals surface area contributed by atoms with E-state index in [1.54, 1.807) is 6.33 Å². The van der Waals surface area contributed by atoms with E-state index in [1.165, 1.54) is 23.3 Å². The van der Waals surface area contributed by atoms with E-state index in [9.17, 15) is 0 Å². The van der Waals surface area contributed by atoms with Gasteiger partial charge in [0.2, 0.25) is 0 Å². The average molecular weight is 253 g/mol. The molecule has 0 bridgehead atoms. The van der Waals surface area contributed by atoms with Crippen molar-refractivity contribution in [2.24, 2.45) is 0 Å². The number of hydrogen-bond donors (Lipinski definition) is 1. The summed E-state index contributed by atoms with van der Waals surface area (Å²) in [7, 11) is 1.85. The number of nitrogens with zero attached hydrogens (tertiary/aromatic N) is 4. The minimum atomic E-state index is 0.819. The van der Waals surface area contributed by atoms with E-state index in [-0.39, 0.29) is 0 Å². The Morgan fingerprint density at radius 2 is 2.31 bits per heavy atom. The lowest BCUT2D eigenvalue weighted by atomic mass is 10.4. The second-order valence-electron chi connectivity index (χ2n) is 2.92. The highest BCUT2D eigenvalue weighted by Crippen LogP contribution is 2.27. The zero-order chi connectivity index (χ0) is 11.4. The summed E-state index contributed by atoms with van der Waals surface area (Å²) in [4.78, 5) is 12.9. The topological polar surface area (TPSA) is 63.6 Å². The van der Waals surface area contributed by atoms with Crippen molar-refractivity contribution in [2.75, 3.05) is 12.4 Å². The average Bonchev–Trinajstić information content (AvgIpc) is 2.81. The van der Waals surface area contributed by atoms with Gasteiger partial charge in [0.1, 0.15) is 23.0 Å². The number of aromatic nitrogens is 4. The summed E-state index contributed by atoms with van der Waals surface area (Å²) in [5, 5.41) is 3.92. The summed E-state index contributed by atoms with van der Waals surface area (Å²) in [6.07, 6.45) is 2.37. The van der Waals surface area contributed by atoms with Crippen LogP contribution in [0.4, 0.5) is 5.82 Å². The molecule has 0 fully saturated rings. The maximum atomic E-state index is 4.43. The molecular weight excluding hydrogens is 242 g/mol. The van der Waals surface area contributed by atoms with Gasteiger partial charge in [0.05, 0.1) is 0 Å². The lowest BCUT2D eigenvalue weighted by Gasteiger charge is -2.04. The maximum absolute atomic E-state index is 4.43. The first-order valence-electron chi connectivity index (χ1n) is 4.82. The monoisotopic (exact) mass is 253 g/mol. The Kier molecular flexibility index (Phi) is 3.68. The third-order valence-electron chi connectivity index (χ3n) is 1.85. The molecule has 0 aromatic carbocycles. The van der Waals surface area contributed by atoms with Crippen LogP contribution in [0.15, 0.2) is 21.8 Å².